The fraction of sp³-hybridized carbons (Fsp3) is 0.429. The summed E-state index contributed by atoms with van der Waals surface area (Å²) in [4.78, 5) is 24.6. The molecule has 1 aliphatic heterocycles. The average Bonchev–Trinajstić information content (AvgIpc) is 2.82. The van der Waals surface area contributed by atoms with Gasteiger partial charge in [-0.25, -0.2) is 4.79 Å². The van der Waals surface area contributed by atoms with Crippen LogP contribution in [-0.2, 0) is 9.59 Å². The highest BCUT2D eigenvalue weighted by atomic mass is 35.5. The number of carboxylic acids is 1. The molecule has 0 aliphatic carbocycles. The van der Waals surface area contributed by atoms with Gasteiger partial charge in [0, 0.05) is 13.0 Å². The molecule has 1 saturated heterocycles. The van der Waals surface area contributed by atoms with Crippen LogP contribution >= 0.6 is 11.6 Å². The lowest BCUT2D eigenvalue weighted by atomic mass is 10.2. The van der Waals surface area contributed by atoms with Crippen LogP contribution in [0.3, 0.4) is 0 Å². The van der Waals surface area contributed by atoms with Crippen molar-refractivity contribution in [2.45, 2.75) is 31.6 Å². The Morgan fingerprint density at radius 3 is 2.71 bits per heavy atom. The minimum atomic E-state index is -1.13. The van der Waals surface area contributed by atoms with E-state index >= 15 is 0 Å². The van der Waals surface area contributed by atoms with Crippen molar-refractivity contribution < 1.29 is 24.5 Å². The Morgan fingerprint density at radius 1 is 1.43 bits per heavy atom. The van der Waals surface area contributed by atoms with Crippen molar-refractivity contribution >= 4 is 23.5 Å². The first-order valence-electron chi connectivity index (χ1n) is 6.52. The molecular formula is C14H16ClNO5. The number of nitrogens with zero attached hydrogens (tertiary/aromatic N) is 1. The van der Waals surface area contributed by atoms with Gasteiger partial charge in [-0.1, -0.05) is 23.7 Å². The number of benzene rings is 1. The molecule has 0 spiro atoms. The van der Waals surface area contributed by atoms with Crippen LogP contribution in [0.15, 0.2) is 24.3 Å². The van der Waals surface area contributed by atoms with E-state index in [1.54, 1.807) is 24.3 Å². The van der Waals surface area contributed by atoms with E-state index in [0.29, 0.717) is 10.8 Å². The number of carbonyl (C=O) groups excluding carboxylic acids is 1. The van der Waals surface area contributed by atoms with E-state index in [2.05, 4.69) is 0 Å². The number of carboxylic acid groups (broad SMARTS) is 1. The Kier molecular flexibility index (Phi) is 4.69. The molecule has 114 valence electrons. The van der Waals surface area contributed by atoms with Gasteiger partial charge >= 0.3 is 5.97 Å². The Bertz CT molecular complexity index is 550. The summed E-state index contributed by atoms with van der Waals surface area (Å²) in [5.74, 6) is -1.27. The molecule has 1 aromatic rings. The van der Waals surface area contributed by atoms with E-state index in [1.165, 1.54) is 6.92 Å². The van der Waals surface area contributed by atoms with Crippen molar-refractivity contribution in [3.8, 4) is 5.75 Å². The maximum atomic E-state index is 12.3. The molecule has 7 heteroatoms. The van der Waals surface area contributed by atoms with Gasteiger partial charge in [0.05, 0.1) is 11.1 Å². The summed E-state index contributed by atoms with van der Waals surface area (Å²) in [5, 5.41) is 19.0. The van der Waals surface area contributed by atoms with E-state index in [0.717, 1.165) is 4.90 Å². The first-order chi connectivity index (χ1) is 9.90. The summed E-state index contributed by atoms with van der Waals surface area (Å²) in [6.07, 6.45) is -1.69. The lowest BCUT2D eigenvalue weighted by Crippen LogP contribution is -2.46. The Hall–Kier alpha value is -1.79. The lowest BCUT2D eigenvalue weighted by Gasteiger charge is -2.25. The molecule has 2 unspecified atom stereocenters. The van der Waals surface area contributed by atoms with Crippen LogP contribution in [0, 0.1) is 0 Å². The number of hydrogen-bond donors (Lipinski definition) is 2. The standard InChI is InChI=1S/C14H16ClNO5/c1-8(21-12-5-3-2-4-10(12)15)13(18)16-7-9(17)6-11(16)14(19)20/h2-5,8-9,11,17H,6-7H2,1H3,(H,19,20)/t8?,9?,11-/m0/s1. The molecule has 3 atom stereocenters. The number of rotatable bonds is 4. The molecule has 1 amide bonds. The monoisotopic (exact) mass is 313 g/mol. The first-order valence-corrected chi connectivity index (χ1v) is 6.90. The maximum Gasteiger partial charge on any atom is 0.326 e. The van der Waals surface area contributed by atoms with E-state index < -0.39 is 30.1 Å². The normalized spacial score (nSPS) is 22.9. The van der Waals surface area contributed by atoms with Gasteiger partial charge < -0.3 is 19.8 Å². The van der Waals surface area contributed by atoms with Crippen LogP contribution < -0.4 is 4.74 Å². The van der Waals surface area contributed by atoms with E-state index in [-0.39, 0.29) is 13.0 Å². The topological polar surface area (TPSA) is 87.1 Å². The van der Waals surface area contributed by atoms with Crippen LogP contribution in [-0.4, -0.2) is 51.8 Å². The highest BCUT2D eigenvalue weighted by Gasteiger charge is 2.40. The molecule has 0 bridgehead atoms. The number of aliphatic hydroxyl groups excluding tert-OH is 1. The average molecular weight is 314 g/mol. The van der Waals surface area contributed by atoms with Gasteiger partial charge in [0.2, 0.25) is 0 Å². The summed E-state index contributed by atoms with van der Waals surface area (Å²) in [6.45, 7) is 1.52. The first kappa shape index (κ1) is 15.6. The van der Waals surface area contributed by atoms with Crippen LogP contribution in [0.25, 0.3) is 0 Å². The summed E-state index contributed by atoms with van der Waals surface area (Å²) in [7, 11) is 0. The number of halogens is 1. The number of ether oxygens (including phenoxy) is 1. The van der Waals surface area contributed by atoms with Crippen molar-refractivity contribution in [2.75, 3.05) is 6.54 Å². The molecule has 1 aliphatic rings. The fourth-order valence-electron chi connectivity index (χ4n) is 2.31. The van der Waals surface area contributed by atoms with Crippen molar-refractivity contribution in [3.05, 3.63) is 29.3 Å². The third-order valence-electron chi connectivity index (χ3n) is 3.34. The van der Waals surface area contributed by atoms with Crippen LogP contribution in [0.5, 0.6) is 5.75 Å². The number of β-amino-alcohol motifs (C(OH)–C–C–N with tert-alkyl or cyclic N) is 1. The molecule has 0 radical (unpaired) electrons. The molecule has 1 heterocycles. The molecule has 21 heavy (non-hydrogen) atoms. The molecule has 6 nitrogen and oxygen atoms in total. The van der Waals surface area contributed by atoms with E-state index in [4.69, 9.17) is 21.4 Å². The maximum absolute atomic E-state index is 12.3. The third-order valence-corrected chi connectivity index (χ3v) is 3.65. The second-order valence-corrected chi connectivity index (χ2v) is 5.33. The number of para-hydroxylation sites is 1. The Balaban J connectivity index is 2.08. The largest absolute Gasteiger partial charge is 0.480 e. The summed E-state index contributed by atoms with van der Waals surface area (Å²) >= 11 is 5.95. The second kappa shape index (κ2) is 6.32. The van der Waals surface area contributed by atoms with Gasteiger partial charge in [-0.05, 0) is 19.1 Å². The van der Waals surface area contributed by atoms with Gasteiger partial charge in [-0.2, -0.15) is 0 Å². The fourth-order valence-corrected chi connectivity index (χ4v) is 2.49. The van der Waals surface area contributed by atoms with Gasteiger partial charge in [0.25, 0.3) is 5.91 Å². The number of aliphatic carboxylic acids is 1. The highest BCUT2D eigenvalue weighted by Crippen LogP contribution is 2.26. The molecule has 1 fully saturated rings. The number of amides is 1. The van der Waals surface area contributed by atoms with Crippen LogP contribution in [0.2, 0.25) is 5.02 Å². The SMILES string of the molecule is CC(Oc1ccccc1Cl)C(=O)N1CC(O)C[C@H]1C(=O)O. The molecule has 1 aromatic carbocycles. The summed E-state index contributed by atoms with van der Waals surface area (Å²) in [5.41, 5.74) is 0. The lowest BCUT2D eigenvalue weighted by molar-refractivity contribution is -0.150. The minimum Gasteiger partial charge on any atom is -0.480 e. The molecular weight excluding hydrogens is 298 g/mol. The van der Waals surface area contributed by atoms with Gasteiger partial charge in [0.1, 0.15) is 11.8 Å². The molecule has 2 rings (SSSR count). The van der Waals surface area contributed by atoms with Gasteiger partial charge in [0.15, 0.2) is 6.10 Å². The number of likely N-dealkylation sites (tertiary alicyclic amines) is 1. The Morgan fingerprint density at radius 2 is 2.10 bits per heavy atom. The van der Waals surface area contributed by atoms with Crippen molar-refractivity contribution in [2.24, 2.45) is 0 Å². The Labute approximate surface area is 126 Å². The molecule has 0 saturated carbocycles. The zero-order valence-corrected chi connectivity index (χ0v) is 12.2. The number of aliphatic hydroxyl groups is 1. The van der Waals surface area contributed by atoms with E-state index in [9.17, 15) is 14.7 Å². The summed E-state index contributed by atoms with van der Waals surface area (Å²) in [6, 6.07) is 5.69. The highest BCUT2D eigenvalue weighted by molar-refractivity contribution is 6.32. The number of hydrogen-bond acceptors (Lipinski definition) is 4. The van der Waals surface area contributed by atoms with Crippen molar-refractivity contribution in [3.63, 3.8) is 0 Å². The second-order valence-electron chi connectivity index (χ2n) is 4.92. The molecule has 2 N–H and O–H groups in total. The van der Waals surface area contributed by atoms with Crippen molar-refractivity contribution in [1.82, 2.24) is 4.90 Å². The minimum absolute atomic E-state index is 0.00791. The summed E-state index contributed by atoms with van der Waals surface area (Å²) < 4.78 is 5.48. The van der Waals surface area contributed by atoms with Crippen molar-refractivity contribution in [1.29, 1.82) is 0 Å². The zero-order valence-electron chi connectivity index (χ0n) is 11.4. The van der Waals surface area contributed by atoms with Crippen LogP contribution in [0.1, 0.15) is 13.3 Å². The quantitative estimate of drug-likeness (QED) is 0.871. The predicted octanol–water partition coefficient (Wildman–Crippen LogP) is 1.15. The van der Waals surface area contributed by atoms with Gasteiger partial charge in [-0.15, -0.1) is 0 Å². The number of carbonyl (C=O) groups is 2. The van der Waals surface area contributed by atoms with E-state index in [1.807, 2.05) is 0 Å². The van der Waals surface area contributed by atoms with Gasteiger partial charge in [-0.3, -0.25) is 4.79 Å². The predicted molar refractivity (Wildman–Crippen MR) is 75.3 cm³/mol. The third kappa shape index (κ3) is 3.46. The zero-order chi connectivity index (χ0) is 15.6. The molecule has 0 aromatic heterocycles. The van der Waals surface area contributed by atoms with Crippen LogP contribution in [0.4, 0.5) is 0 Å². The smallest absolute Gasteiger partial charge is 0.326 e.